The maximum atomic E-state index is 12.2. The molecule has 0 radical (unpaired) electrons. The van der Waals surface area contributed by atoms with Crippen LogP contribution >= 0.6 is 0 Å². The zero-order valence-corrected chi connectivity index (χ0v) is 21.5. The predicted octanol–water partition coefficient (Wildman–Crippen LogP) is 2.70. The first-order chi connectivity index (χ1) is 18.3. The number of aromatic nitrogens is 5. The van der Waals surface area contributed by atoms with E-state index in [1.165, 1.54) is 10.7 Å². The zero-order chi connectivity index (χ0) is 26.4. The summed E-state index contributed by atoms with van der Waals surface area (Å²) >= 11 is 0. The Balaban J connectivity index is 1.26. The van der Waals surface area contributed by atoms with Crippen LogP contribution in [-0.2, 0) is 16.6 Å². The lowest BCUT2D eigenvalue weighted by Crippen LogP contribution is -2.60. The van der Waals surface area contributed by atoms with E-state index in [1.807, 2.05) is 36.2 Å². The van der Waals surface area contributed by atoms with Crippen molar-refractivity contribution in [2.45, 2.75) is 44.9 Å². The van der Waals surface area contributed by atoms with Crippen molar-refractivity contribution in [1.82, 2.24) is 29.3 Å². The average Bonchev–Trinajstić information content (AvgIpc) is 3.28. The second-order valence-corrected chi connectivity index (χ2v) is 9.92. The molecule has 1 amide bonds. The van der Waals surface area contributed by atoms with Gasteiger partial charge < -0.3 is 19.7 Å². The van der Waals surface area contributed by atoms with Gasteiger partial charge in [-0.3, -0.25) is 14.6 Å². The highest BCUT2D eigenvalue weighted by atomic mass is 16.5. The van der Waals surface area contributed by atoms with Crippen molar-refractivity contribution >= 4 is 23.1 Å². The number of carbonyl (C=O) groups is 1. The van der Waals surface area contributed by atoms with E-state index >= 15 is 0 Å². The summed E-state index contributed by atoms with van der Waals surface area (Å²) in [5, 5.41) is 11.9. The van der Waals surface area contributed by atoms with E-state index in [-0.39, 0.29) is 29.7 Å². The largest absolute Gasteiger partial charge is 0.488 e. The first-order valence-electron chi connectivity index (χ1n) is 12.6. The van der Waals surface area contributed by atoms with Gasteiger partial charge in [0.25, 0.3) is 5.56 Å². The number of piperidine rings is 1. The highest BCUT2D eigenvalue weighted by Crippen LogP contribution is 2.35. The number of hydrogen-bond acceptors (Lipinski definition) is 8. The van der Waals surface area contributed by atoms with Crippen LogP contribution in [0.1, 0.15) is 25.5 Å². The third-order valence-electron chi connectivity index (χ3n) is 7.13. The topological polar surface area (TPSA) is 116 Å². The smallest absolute Gasteiger partial charge is 0.266 e. The van der Waals surface area contributed by atoms with E-state index in [1.54, 1.807) is 30.8 Å². The average molecular weight is 516 g/mol. The van der Waals surface area contributed by atoms with Gasteiger partial charge in [-0.15, -0.1) is 0 Å². The number of hydrogen-bond donors (Lipinski definition) is 1. The molecule has 11 heteroatoms. The van der Waals surface area contributed by atoms with Crippen molar-refractivity contribution in [2.24, 2.45) is 7.05 Å². The van der Waals surface area contributed by atoms with Gasteiger partial charge in [-0.1, -0.05) is 0 Å². The summed E-state index contributed by atoms with van der Waals surface area (Å²) in [4.78, 5) is 30.3. The fraction of sp³-hybridized carbons (Fsp3) is 0.370. The van der Waals surface area contributed by atoms with Crippen molar-refractivity contribution in [1.29, 1.82) is 0 Å². The van der Waals surface area contributed by atoms with Crippen LogP contribution in [0.5, 0.6) is 5.75 Å². The van der Waals surface area contributed by atoms with Crippen LogP contribution in [0.2, 0.25) is 0 Å². The Hall–Kier alpha value is -4.25. The van der Waals surface area contributed by atoms with E-state index in [0.29, 0.717) is 30.6 Å². The summed E-state index contributed by atoms with van der Waals surface area (Å²) in [5.41, 5.74) is 3.53. The molecule has 0 unspecified atom stereocenters. The number of pyridine rings is 2. The van der Waals surface area contributed by atoms with Crippen LogP contribution in [0.25, 0.3) is 16.6 Å². The molecule has 2 fully saturated rings. The Morgan fingerprint density at radius 1 is 1.08 bits per heavy atom. The summed E-state index contributed by atoms with van der Waals surface area (Å²) in [6, 6.07) is 11.1. The number of anilines is 2. The second-order valence-electron chi connectivity index (χ2n) is 9.92. The molecule has 3 atom stereocenters. The molecule has 0 spiro atoms. The standard InChI is InChI=1S/C27H29N7O4/c1-16-8-23(24(13-28-16)38-22-10-20-14-37-15-21(11-22)34(20)17(2)35)18-6-7-33-19(9-18)12-26(31-33)29-25-4-5-27(36)32(3)30-25/h4-9,12-13,20-22H,10-11,14-15H2,1-3H3,(H,29,30,31)/t20-,21+,22-. The summed E-state index contributed by atoms with van der Waals surface area (Å²) in [7, 11) is 1.60. The van der Waals surface area contributed by atoms with Crippen molar-refractivity contribution in [3.05, 3.63) is 64.8 Å². The first-order valence-corrected chi connectivity index (χ1v) is 12.6. The normalized spacial score (nSPS) is 20.9. The number of ether oxygens (including phenoxy) is 2. The maximum absolute atomic E-state index is 12.2. The summed E-state index contributed by atoms with van der Waals surface area (Å²) < 4.78 is 15.3. The first kappa shape index (κ1) is 24.1. The molecule has 6 heterocycles. The fourth-order valence-electron chi connectivity index (χ4n) is 5.45. The van der Waals surface area contributed by atoms with Gasteiger partial charge in [0, 0.05) is 56.4 Å². The number of nitrogens with zero attached hydrogens (tertiary/aromatic N) is 6. The van der Waals surface area contributed by atoms with Gasteiger partial charge in [-0.05, 0) is 36.8 Å². The Morgan fingerprint density at radius 3 is 2.61 bits per heavy atom. The number of amides is 1. The molecular formula is C27H29N7O4. The number of aryl methyl sites for hydroxylation is 2. The van der Waals surface area contributed by atoms with E-state index in [0.717, 1.165) is 35.2 Å². The molecule has 6 rings (SSSR count). The van der Waals surface area contributed by atoms with Crippen molar-refractivity contribution < 1.29 is 14.3 Å². The van der Waals surface area contributed by atoms with E-state index < -0.39 is 0 Å². The van der Waals surface area contributed by atoms with Gasteiger partial charge in [0.15, 0.2) is 11.6 Å². The highest BCUT2D eigenvalue weighted by molar-refractivity contribution is 5.76. The fourth-order valence-corrected chi connectivity index (χ4v) is 5.45. The Kier molecular flexibility index (Phi) is 6.07. The number of nitrogens with one attached hydrogen (secondary N) is 1. The number of fused-ring (bicyclic) bond motifs is 3. The lowest BCUT2D eigenvalue weighted by Gasteiger charge is -2.47. The molecule has 1 N–H and O–H groups in total. The van der Waals surface area contributed by atoms with E-state index in [2.05, 4.69) is 26.6 Å². The minimum absolute atomic E-state index is 0.0300. The summed E-state index contributed by atoms with van der Waals surface area (Å²) in [6.07, 6.45) is 5.10. The monoisotopic (exact) mass is 515 g/mol. The Bertz CT molecular complexity index is 1570. The van der Waals surface area contributed by atoms with Gasteiger partial charge in [-0.25, -0.2) is 9.20 Å². The molecular weight excluding hydrogens is 486 g/mol. The molecule has 4 aromatic heterocycles. The molecule has 2 saturated heterocycles. The quantitative estimate of drug-likeness (QED) is 0.431. The van der Waals surface area contributed by atoms with Crippen LogP contribution in [0.3, 0.4) is 0 Å². The predicted molar refractivity (Wildman–Crippen MR) is 140 cm³/mol. The third-order valence-corrected chi connectivity index (χ3v) is 7.13. The van der Waals surface area contributed by atoms with Gasteiger partial charge in [0.05, 0.1) is 37.0 Å². The summed E-state index contributed by atoms with van der Waals surface area (Å²) in [6.45, 7) is 4.66. The molecule has 0 saturated carbocycles. The molecule has 4 aromatic rings. The highest BCUT2D eigenvalue weighted by Gasteiger charge is 2.41. The molecule has 2 aliphatic heterocycles. The van der Waals surface area contributed by atoms with Crippen LogP contribution in [0.4, 0.5) is 11.6 Å². The number of morpholine rings is 1. The minimum atomic E-state index is -0.179. The molecule has 0 aliphatic carbocycles. The molecule has 2 bridgehead atoms. The number of rotatable bonds is 5. The van der Waals surface area contributed by atoms with Gasteiger partial charge in [-0.2, -0.15) is 10.2 Å². The molecule has 11 nitrogen and oxygen atoms in total. The van der Waals surface area contributed by atoms with Crippen molar-refractivity contribution in [3.8, 4) is 16.9 Å². The lowest BCUT2D eigenvalue weighted by molar-refractivity contribution is -0.153. The third kappa shape index (κ3) is 4.60. The van der Waals surface area contributed by atoms with E-state index in [9.17, 15) is 9.59 Å². The SMILES string of the molecule is CC(=O)N1[C@@H]2COC[C@H]1C[C@@H](Oc1cnc(C)cc1-c1ccn3nc(Nc4ccc(=O)n(C)n4)cc3c1)C2. The van der Waals surface area contributed by atoms with Gasteiger partial charge in [0.2, 0.25) is 5.91 Å². The maximum Gasteiger partial charge on any atom is 0.266 e. The van der Waals surface area contributed by atoms with Crippen LogP contribution in [-0.4, -0.2) is 66.6 Å². The number of carbonyl (C=O) groups excluding carboxylic acids is 1. The van der Waals surface area contributed by atoms with Crippen LogP contribution < -0.4 is 15.6 Å². The molecule has 196 valence electrons. The molecule has 38 heavy (non-hydrogen) atoms. The van der Waals surface area contributed by atoms with Crippen LogP contribution in [0, 0.1) is 6.92 Å². The minimum Gasteiger partial charge on any atom is -0.488 e. The lowest BCUT2D eigenvalue weighted by atomic mass is 9.91. The zero-order valence-electron chi connectivity index (χ0n) is 21.5. The summed E-state index contributed by atoms with van der Waals surface area (Å²) in [5.74, 6) is 1.95. The van der Waals surface area contributed by atoms with Gasteiger partial charge >= 0.3 is 0 Å². The van der Waals surface area contributed by atoms with Gasteiger partial charge in [0.1, 0.15) is 11.9 Å². The van der Waals surface area contributed by atoms with Crippen LogP contribution in [0.15, 0.2) is 53.6 Å². The second kappa shape index (κ2) is 9.56. The van der Waals surface area contributed by atoms with Crippen molar-refractivity contribution in [3.63, 3.8) is 0 Å². The Labute approximate surface area is 219 Å². The molecule has 0 aromatic carbocycles. The Morgan fingerprint density at radius 2 is 1.87 bits per heavy atom. The van der Waals surface area contributed by atoms with Crippen molar-refractivity contribution in [2.75, 3.05) is 18.5 Å². The van der Waals surface area contributed by atoms with E-state index in [4.69, 9.17) is 9.47 Å². The molecule has 2 aliphatic rings.